The van der Waals surface area contributed by atoms with Gasteiger partial charge in [-0.05, 0) is 36.6 Å². The molecule has 1 amide bonds. The summed E-state index contributed by atoms with van der Waals surface area (Å²) < 4.78 is 14.4. The second-order valence-corrected chi connectivity index (χ2v) is 7.35. The van der Waals surface area contributed by atoms with E-state index in [1.165, 1.54) is 23.5 Å². The first-order chi connectivity index (χ1) is 10.5. The number of thiophene rings is 1. The Balaban J connectivity index is 1.86. The number of amides is 1. The molecule has 0 atom stereocenters. The molecule has 0 fully saturated rings. The highest BCUT2D eigenvalue weighted by Gasteiger charge is 2.18. The van der Waals surface area contributed by atoms with Crippen molar-refractivity contribution in [3.8, 4) is 9.88 Å². The number of thiazole rings is 1. The molecule has 0 aliphatic carbocycles. The summed E-state index contributed by atoms with van der Waals surface area (Å²) in [5.74, 6) is -0.831. The van der Waals surface area contributed by atoms with Gasteiger partial charge in [0.05, 0.1) is 16.3 Å². The lowest BCUT2D eigenvalue weighted by Crippen LogP contribution is -2.12. The Morgan fingerprint density at radius 1 is 1.36 bits per heavy atom. The molecule has 1 aromatic carbocycles. The van der Waals surface area contributed by atoms with E-state index in [0.717, 1.165) is 9.88 Å². The number of halogens is 2. The van der Waals surface area contributed by atoms with Gasteiger partial charge in [0.1, 0.15) is 15.7 Å². The lowest BCUT2D eigenvalue weighted by molar-refractivity contribution is 0.102. The highest BCUT2D eigenvalue weighted by atomic mass is 79.9. The predicted molar refractivity (Wildman–Crippen MR) is 92.2 cm³/mol. The van der Waals surface area contributed by atoms with Crippen LogP contribution in [0.15, 0.2) is 40.2 Å². The van der Waals surface area contributed by atoms with Crippen molar-refractivity contribution in [3.63, 3.8) is 0 Å². The Kier molecular flexibility index (Phi) is 4.37. The summed E-state index contributed by atoms with van der Waals surface area (Å²) in [4.78, 5) is 18.3. The fourth-order valence-electron chi connectivity index (χ4n) is 1.88. The monoisotopic (exact) mass is 396 g/mol. The highest BCUT2D eigenvalue weighted by molar-refractivity contribution is 9.10. The van der Waals surface area contributed by atoms with E-state index >= 15 is 0 Å². The van der Waals surface area contributed by atoms with E-state index in [-0.39, 0.29) is 11.6 Å². The zero-order chi connectivity index (χ0) is 15.7. The van der Waals surface area contributed by atoms with Crippen molar-refractivity contribution in [2.24, 2.45) is 0 Å². The van der Waals surface area contributed by atoms with E-state index in [1.54, 1.807) is 24.3 Å². The highest BCUT2D eigenvalue weighted by Crippen LogP contribution is 2.31. The number of nitrogens with one attached hydrogen (secondary N) is 1. The van der Waals surface area contributed by atoms with Gasteiger partial charge in [-0.1, -0.05) is 22.0 Å². The average molecular weight is 397 g/mol. The van der Waals surface area contributed by atoms with Crippen LogP contribution in [0.25, 0.3) is 9.88 Å². The zero-order valence-corrected chi connectivity index (χ0v) is 14.6. The molecule has 3 aromatic rings. The molecule has 3 nitrogen and oxygen atoms in total. The quantitative estimate of drug-likeness (QED) is 0.649. The molecule has 0 unspecified atom stereocenters. The van der Waals surface area contributed by atoms with Gasteiger partial charge >= 0.3 is 0 Å². The summed E-state index contributed by atoms with van der Waals surface area (Å²) in [5.41, 5.74) is 0.794. The molecule has 0 radical (unpaired) electrons. The van der Waals surface area contributed by atoms with Gasteiger partial charge in [-0.2, -0.15) is 0 Å². The molecular formula is C15H10BrFN2OS2. The number of carbonyl (C=O) groups excluding carboxylic acids is 1. The number of carbonyl (C=O) groups is 1. The average Bonchev–Trinajstić information content (AvgIpc) is 3.10. The Labute approximate surface area is 143 Å². The van der Waals surface area contributed by atoms with Crippen LogP contribution < -0.4 is 5.32 Å². The fourth-order valence-corrected chi connectivity index (χ4v) is 3.97. The molecule has 0 aliphatic rings. The number of rotatable bonds is 3. The Bertz CT molecular complexity index is 830. The van der Waals surface area contributed by atoms with Crippen LogP contribution in [0.4, 0.5) is 10.1 Å². The van der Waals surface area contributed by atoms with Gasteiger partial charge in [-0.25, -0.2) is 9.37 Å². The summed E-state index contributed by atoms with van der Waals surface area (Å²) in [6, 6.07) is 8.40. The number of aromatic nitrogens is 1. The number of hydrogen-bond donors (Lipinski definition) is 1. The second-order valence-electron chi connectivity index (χ2n) is 4.49. The van der Waals surface area contributed by atoms with Crippen molar-refractivity contribution in [1.82, 2.24) is 4.98 Å². The molecule has 0 spiro atoms. The first-order valence-electron chi connectivity index (χ1n) is 6.32. The van der Waals surface area contributed by atoms with Crippen molar-refractivity contribution in [1.29, 1.82) is 0 Å². The lowest BCUT2D eigenvalue weighted by atomic mass is 10.3. The summed E-state index contributed by atoms with van der Waals surface area (Å²) in [6.45, 7) is 1.78. The summed E-state index contributed by atoms with van der Waals surface area (Å²) in [6.07, 6.45) is 0. The van der Waals surface area contributed by atoms with E-state index in [1.807, 2.05) is 17.5 Å². The topological polar surface area (TPSA) is 42.0 Å². The third-order valence-electron chi connectivity index (χ3n) is 2.91. The standard InChI is InChI=1S/C15H10BrFN2OS2/c1-8-13(22-15(18-8)12-3-2-6-21-12)14(20)19-11-5-4-9(16)7-10(11)17/h2-7H,1H3,(H,19,20). The van der Waals surface area contributed by atoms with E-state index in [4.69, 9.17) is 0 Å². The molecule has 2 heterocycles. The molecule has 0 bridgehead atoms. The lowest BCUT2D eigenvalue weighted by Gasteiger charge is -2.05. The van der Waals surface area contributed by atoms with Gasteiger partial charge in [0.15, 0.2) is 0 Å². The molecule has 0 saturated carbocycles. The van der Waals surface area contributed by atoms with Gasteiger partial charge < -0.3 is 5.32 Å². The van der Waals surface area contributed by atoms with Gasteiger partial charge in [-0.3, -0.25) is 4.79 Å². The summed E-state index contributed by atoms with van der Waals surface area (Å²) in [7, 11) is 0. The molecule has 2 aromatic heterocycles. The van der Waals surface area contributed by atoms with Gasteiger partial charge in [-0.15, -0.1) is 22.7 Å². The predicted octanol–water partition coefficient (Wildman–Crippen LogP) is 5.33. The number of nitrogens with zero attached hydrogens (tertiary/aromatic N) is 1. The van der Waals surface area contributed by atoms with E-state index < -0.39 is 5.82 Å². The summed E-state index contributed by atoms with van der Waals surface area (Å²) >= 11 is 6.06. The zero-order valence-electron chi connectivity index (χ0n) is 11.4. The van der Waals surface area contributed by atoms with Crippen LogP contribution in [-0.2, 0) is 0 Å². The van der Waals surface area contributed by atoms with Crippen molar-refractivity contribution in [2.45, 2.75) is 6.92 Å². The first kappa shape index (κ1) is 15.3. The smallest absolute Gasteiger partial charge is 0.267 e. The van der Waals surface area contributed by atoms with Crippen LogP contribution in [0.3, 0.4) is 0 Å². The molecule has 7 heteroatoms. The summed E-state index contributed by atoms with van der Waals surface area (Å²) in [5, 5.41) is 5.35. The van der Waals surface area contributed by atoms with Crippen molar-refractivity contribution in [3.05, 3.63) is 56.6 Å². The van der Waals surface area contributed by atoms with Gasteiger partial charge in [0.2, 0.25) is 0 Å². The molecule has 3 rings (SSSR count). The number of anilines is 1. The molecular weight excluding hydrogens is 387 g/mol. The molecule has 0 aliphatic heterocycles. The Morgan fingerprint density at radius 2 is 2.18 bits per heavy atom. The van der Waals surface area contributed by atoms with Crippen molar-refractivity contribution in [2.75, 3.05) is 5.32 Å². The maximum Gasteiger partial charge on any atom is 0.267 e. The minimum Gasteiger partial charge on any atom is -0.319 e. The van der Waals surface area contributed by atoms with Crippen LogP contribution in [0, 0.1) is 12.7 Å². The van der Waals surface area contributed by atoms with Gasteiger partial charge in [0, 0.05) is 4.47 Å². The fraction of sp³-hybridized carbons (Fsp3) is 0.0667. The maximum absolute atomic E-state index is 13.8. The maximum atomic E-state index is 13.8. The van der Waals surface area contributed by atoms with Crippen molar-refractivity contribution >= 4 is 50.2 Å². The number of hydrogen-bond acceptors (Lipinski definition) is 4. The van der Waals surface area contributed by atoms with E-state index in [2.05, 4.69) is 26.2 Å². The first-order valence-corrected chi connectivity index (χ1v) is 8.81. The third-order valence-corrected chi connectivity index (χ3v) is 5.60. The Morgan fingerprint density at radius 3 is 2.86 bits per heavy atom. The van der Waals surface area contributed by atoms with Gasteiger partial charge in [0.25, 0.3) is 5.91 Å². The second kappa shape index (κ2) is 6.28. The van der Waals surface area contributed by atoms with Crippen LogP contribution in [0.5, 0.6) is 0 Å². The molecule has 1 N–H and O–H groups in total. The molecule has 0 saturated heterocycles. The minimum atomic E-state index is -0.483. The minimum absolute atomic E-state index is 0.152. The normalized spacial score (nSPS) is 10.7. The van der Waals surface area contributed by atoms with Crippen LogP contribution in [0.1, 0.15) is 15.4 Å². The van der Waals surface area contributed by atoms with E-state index in [9.17, 15) is 9.18 Å². The number of aryl methyl sites for hydroxylation is 1. The van der Waals surface area contributed by atoms with Crippen molar-refractivity contribution < 1.29 is 9.18 Å². The van der Waals surface area contributed by atoms with Crippen LogP contribution >= 0.6 is 38.6 Å². The molecule has 112 valence electrons. The van der Waals surface area contributed by atoms with Crippen LogP contribution in [-0.4, -0.2) is 10.9 Å². The molecule has 22 heavy (non-hydrogen) atoms. The van der Waals surface area contributed by atoms with Crippen LogP contribution in [0.2, 0.25) is 0 Å². The number of benzene rings is 1. The Hall–Kier alpha value is -1.57. The largest absolute Gasteiger partial charge is 0.319 e. The SMILES string of the molecule is Cc1nc(-c2cccs2)sc1C(=O)Nc1ccc(Br)cc1F. The third kappa shape index (κ3) is 3.11. The van der Waals surface area contributed by atoms with E-state index in [0.29, 0.717) is 15.0 Å².